The molecule has 0 spiro atoms. The summed E-state index contributed by atoms with van der Waals surface area (Å²) < 4.78 is 24.3. The Kier molecular flexibility index (Phi) is 7.05. The highest BCUT2D eigenvalue weighted by molar-refractivity contribution is 5.77. The van der Waals surface area contributed by atoms with Crippen molar-refractivity contribution in [2.45, 2.75) is 32.3 Å². The minimum atomic E-state index is -0.857. The quantitative estimate of drug-likeness (QED) is 0.487. The van der Waals surface area contributed by atoms with Crippen molar-refractivity contribution in [2.75, 3.05) is 24.9 Å². The van der Waals surface area contributed by atoms with Gasteiger partial charge in [-0.25, -0.2) is 14.2 Å². The molecule has 2 aromatic carbocycles. The molecule has 1 atom stereocenters. The molecule has 0 radical (unpaired) electrons. The first-order valence-corrected chi connectivity index (χ1v) is 10.1. The van der Waals surface area contributed by atoms with Crippen LogP contribution in [-0.4, -0.2) is 30.2 Å². The smallest absolute Gasteiger partial charge is 0.339 e. The summed E-state index contributed by atoms with van der Waals surface area (Å²) in [6.45, 7) is 6.39. The highest BCUT2D eigenvalue weighted by Crippen LogP contribution is 2.26. The maximum absolute atomic E-state index is 14.3. The van der Waals surface area contributed by atoms with E-state index in [0.717, 1.165) is 6.20 Å². The number of methoxy groups -OCH3 is 2. The molecule has 3 aromatic rings. The molecule has 0 fully saturated rings. The van der Waals surface area contributed by atoms with Crippen LogP contribution in [0.5, 0.6) is 0 Å². The third-order valence-corrected chi connectivity index (χ3v) is 4.85. The average Bonchev–Trinajstić information content (AvgIpc) is 2.76. The number of aromatic nitrogens is 2. The second-order valence-electron chi connectivity index (χ2n) is 8.23. The van der Waals surface area contributed by atoms with Gasteiger partial charge in [-0.1, -0.05) is 45.0 Å². The molecule has 2 N–H and O–H groups in total. The first-order chi connectivity index (χ1) is 15.2. The van der Waals surface area contributed by atoms with Crippen LogP contribution in [0.4, 0.5) is 27.5 Å². The Balaban J connectivity index is 1.79. The van der Waals surface area contributed by atoms with Crippen molar-refractivity contribution < 1.29 is 18.7 Å². The van der Waals surface area contributed by atoms with Gasteiger partial charge in [-0.3, -0.25) is 0 Å². The van der Waals surface area contributed by atoms with E-state index >= 15 is 0 Å². The average molecular weight is 439 g/mol. The predicted octanol–water partition coefficient (Wildman–Crippen LogP) is 5.26. The number of nitrogens with one attached hydrogen (secondary N) is 2. The molecule has 0 aliphatic heterocycles. The summed E-state index contributed by atoms with van der Waals surface area (Å²) in [6.07, 6.45) is 0.237. The van der Waals surface area contributed by atoms with Crippen LogP contribution < -0.4 is 10.6 Å². The third kappa shape index (κ3) is 5.59. The van der Waals surface area contributed by atoms with E-state index in [0.29, 0.717) is 16.9 Å². The number of ether oxygens (including phenoxy) is 2. The molecule has 7 nitrogen and oxygen atoms in total. The molecule has 0 saturated heterocycles. The maximum Gasteiger partial charge on any atom is 0.339 e. The Morgan fingerprint density at radius 3 is 2.38 bits per heavy atom. The highest BCUT2D eigenvalue weighted by Gasteiger charge is 2.21. The van der Waals surface area contributed by atoms with Crippen LogP contribution in [0.3, 0.4) is 0 Å². The lowest BCUT2D eigenvalue weighted by Crippen LogP contribution is -2.16. The van der Waals surface area contributed by atoms with E-state index in [4.69, 9.17) is 9.47 Å². The standard InChI is InChI=1S/C24H27FN4O3/c1-24(2,3)16-9-11-17(12-10-16)27-21-19(25)14-26-23(29-21)28-18-8-6-7-15(13-18)20(31-4)22(30)32-5/h6-14,20H,1-5H3,(H2,26,27,28,29). The molecule has 8 heteroatoms. The number of halogens is 1. The number of esters is 1. The number of hydrogen-bond acceptors (Lipinski definition) is 7. The Morgan fingerprint density at radius 2 is 1.75 bits per heavy atom. The Hall–Kier alpha value is -3.52. The van der Waals surface area contributed by atoms with E-state index in [1.807, 2.05) is 24.3 Å². The second-order valence-corrected chi connectivity index (χ2v) is 8.23. The molecule has 1 aromatic heterocycles. The van der Waals surface area contributed by atoms with E-state index in [9.17, 15) is 9.18 Å². The summed E-state index contributed by atoms with van der Waals surface area (Å²) in [4.78, 5) is 20.2. The molecule has 168 valence electrons. The minimum absolute atomic E-state index is 0.0278. The minimum Gasteiger partial charge on any atom is -0.467 e. The van der Waals surface area contributed by atoms with Gasteiger partial charge in [0.2, 0.25) is 5.95 Å². The SMILES string of the molecule is COC(=O)C(OC)c1cccc(Nc2ncc(F)c(Nc3ccc(C(C)(C)C)cc3)n2)c1. The first kappa shape index (κ1) is 23.1. The van der Waals surface area contributed by atoms with Gasteiger partial charge in [0.25, 0.3) is 0 Å². The van der Waals surface area contributed by atoms with Gasteiger partial charge >= 0.3 is 5.97 Å². The number of carbonyl (C=O) groups is 1. The highest BCUT2D eigenvalue weighted by atomic mass is 19.1. The van der Waals surface area contributed by atoms with Crippen molar-refractivity contribution in [1.29, 1.82) is 0 Å². The van der Waals surface area contributed by atoms with Crippen LogP contribution in [0.2, 0.25) is 0 Å². The molecule has 0 amide bonds. The number of benzene rings is 2. The van der Waals surface area contributed by atoms with E-state index in [-0.39, 0.29) is 17.2 Å². The summed E-state index contributed by atoms with van der Waals surface area (Å²) in [5.74, 6) is -0.836. The van der Waals surface area contributed by atoms with E-state index in [2.05, 4.69) is 41.4 Å². The largest absolute Gasteiger partial charge is 0.467 e. The van der Waals surface area contributed by atoms with Crippen LogP contribution >= 0.6 is 0 Å². The van der Waals surface area contributed by atoms with Crippen LogP contribution in [0.15, 0.2) is 54.7 Å². The molecule has 0 saturated carbocycles. The van der Waals surface area contributed by atoms with E-state index < -0.39 is 17.9 Å². The van der Waals surface area contributed by atoms with Crippen molar-refractivity contribution >= 4 is 29.1 Å². The van der Waals surface area contributed by atoms with Crippen molar-refractivity contribution in [3.8, 4) is 0 Å². The molecule has 0 aliphatic rings. The van der Waals surface area contributed by atoms with Gasteiger partial charge in [0, 0.05) is 18.5 Å². The normalized spacial score (nSPS) is 12.2. The summed E-state index contributed by atoms with van der Waals surface area (Å²) >= 11 is 0. The van der Waals surface area contributed by atoms with Crippen molar-refractivity contribution in [3.05, 3.63) is 71.7 Å². The first-order valence-electron chi connectivity index (χ1n) is 10.1. The Morgan fingerprint density at radius 1 is 1.03 bits per heavy atom. The van der Waals surface area contributed by atoms with Crippen molar-refractivity contribution in [1.82, 2.24) is 9.97 Å². The number of anilines is 4. The number of rotatable bonds is 7. The molecule has 1 heterocycles. The monoisotopic (exact) mass is 438 g/mol. The van der Waals surface area contributed by atoms with Crippen LogP contribution in [0.25, 0.3) is 0 Å². The second kappa shape index (κ2) is 9.74. The molecule has 0 aliphatic carbocycles. The van der Waals surface area contributed by atoms with Gasteiger partial charge in [0.1, 0.15) is 0 Å². The number of hydrogen-bond donors (Lipinski definition) is 2. The third-order valence-electron chi connectivity index (χ3n) is 4.85. The van der Waals surface area contributed by atoms with Crippen LogP contribution in [-0.2, 0) is 19.7 Å². The van der Waals surface area contributed by atoms with Crippen molar-refractivity contribution in [3.63, 3.8) is 0 Å². The molecule has 1 unspecified atom stereocenters. The topological polar surface area (TPSA) is 85.4 Å². The lowest BCUT2D eigenvalue weighted by Gasteiger charge is -2.19. The molecule has 32 heavy (non-hydrogen) atoms. The Labute approximate surface area is 187 Å². The number of carbonyl (C=O) groups excluding carboxylic acids is 1. The lowest BCUT2D eigenvalue weighted by atomic mass is 9.87. The zero-order chi connectivity index (χ0) is 23.3. The predicted molar refractivity (Wildman–Crippen MR) is 122 cm³/mol. The van der Waals surface area contributed by atoms with Crippen molar-refractivity contribution in [2.24, 2.45) is 0 Å². The summed E-state index contributed by atoms with van der Waals surface area (Å²) in [5.41, 5.74) is 3.13. The summed E-state index contributed by atoms with van der Waals surface area (Å²) in [5, 5.41) is 6.02. The van der Waals surface area contributed by atoms with Gasteiger partial charge in [0.15, 0.2) is 17.7 Å². The summed E-state index contributed by atoms with van der Waals surface area (Å²) in [6, 6.07) is 14.8. The fourth-order valence-electron chi connectivity index (χ4n) is 3.09. The molecular weight excluding hydrogens is 411 g/mol. The van der Waals surface area contributed by atoms with E-state index in [1.165, 1.54) is 19.8 Å². The van der Waals surface area contributed by atoms with Crippen LogP contribution in [0.1, 0.15) is 38.0 Å². The molecule has 0 bridgehead atoms. The lowest BCUT2D eigenvalue weighted by molar-refractivity contribution is -0.152. The van der Waals surface area contributed by atoms with Gasteiger partial charge in [-0.05, 0) is 40.8 Å². The Bertz CT molecular complexity index is 1080. The zero-order valence-corrected chi connectivity index (χ0v) is 18.8. The van der Waals surface area contributed by atoms with Gasteiger partial charge in [-0.2, -0.15) is 4.98 Å². The zero-order valence-electron chi connectivity index (χ0n) is 18.8. The molecular formula is C24H27FN4O3. The summed E-state index contributed by atoms with van der Waals surface area (Å²) in [7, 11) is 2.73. The van der Waals surface area contributed by atoms with Gasteiger partial charge in [-0.15, -0.1) is 0 Å². The fourth-order valence-corrected chi connectivity index (χ4v) is 3.09. The van der Waals surface area contributed by atoms with Crippen LogP contribution in [0, 0.1) is 5.82 Å². The van der Waals surface area contributed by atoms with Gasteiger partial charge in [0.05, 0.1) is 13.3 Å². The number of nitrogens with zero attached hydrogens (tertiary/aromatic N) is 2. The fraction of sp³-hybridized carbons (Fsp3) is 0.292. The molecule has 3 rings (SSSR count). The maximum atomic E-state index is 14.3. The van der Waals surface area contributed by atoms with Gasteiger partial charge < -0.3 is 20.1 Å². The van der Waals surface area contributed by atoms with E-state index in [1.54, 1.807) is 24.3 Å².